The monoisotopic (exact) mass is 350 g/mol. The van der Waals surface area contributed by atoms with Gasteiger partial charge in [-0.25, -0.2) is 4.79 Å². The minimum absolute atomic E-state index is 0.0237. The van der Waals surface area contributed by atoms with E-state index in [2.05, 4.69) is 16.9 Å². The second-order valence-corrected chi connectivity index (χ2v) is 7.07. The van der Waals surface area contributed by atoms with Crippen LogP contribution in [0.25, 0.3) is 0 Å². The van der Waals surface area contributed by atoms with E-state index in [-0.39, 0.29) is 28.9 Å². The summed E-state index contributed by atoms with van der Waals surface area (Å²) in [6.07, 6.45) is 0.598. The van der Waals surface area contributed by atoms with E-state index in [0.717, 1.165) is 5.56 Å². The average molecular weight is 351 g/mol. The molecule has 1 aromatic carbocycles. The summed E-state index contributed by atoms with van der Waals surface area (Å²) >= 11 is 6.37. The van der Waals surface area contributed by atoms with Gasteiger partial charge in [-0.05, 0) is 18.1 Å². The lowest BCUT2D eigenvalue weighted by Crippen LogP contribution is -2.44. The number of halogens is 1. The van der Waals surface area contributed by atoms with Crippen molar-refractivity contribution in [2.75, 3.05) is 13.2 Å². The predicted octanol–water partition coefficient (Wildman–Crippen LogP) is 2.28. The number of nitrogens with two attached hydrogens (primary N) is 1. The molecule has 2 aliphatic rings. The number of nitrogens with zero attached hydrogens (tertiary/aromatic N) is 1. The maximum Gasteiger partial charge on any atom is 0.332 e. The standard InChI is InChI=1S/C17H19ClN2O4/c1-9(21)24-20-16(19)12-6-11(12)15(22)10-3-4-13(14(18)5-10)17(2)7-23-8-17/h3-5,11-12H,6-8H2,1-2H3,(H2,19,20). The van der Waals surface area contributed by atoms with Crippen LogP contribution < -0.4 is 5.73 Å². The van der Waals surface area contributed by atoms with Crippen LogP contribution in [0.4, 0.5) is 0 Å². The summed E-state index contributed by atoms with van der Waals surface area (Å²) in [6.45, 7) is 4.59. The lowest BCUT2D eigenvalue weighted by Gasteiger charge is -2.39. The summed E-state index contributed by atoms with van der Waals surface area (Å²) in [7, 11) is 0. The molecule has 1 heterocycles. The zero-order chi connectivity index (χ0) is 17.5. The molecule has 3 rings (SSSR count). The molecule has 24 heavy (non-hydrogen) atoms. The normalized spacial score (nSPS) is 24.9. The number of oxime groups is 1. The Hall–Kier alpha value is -1.92. The molecule has 2 atom stereocenters. The van der Waals surface area contributed by atoms with Crippen LogP contribution in [-0.2, 0) is 19.8 Å². The van der Waals surface area contributed by atoms with Crippen LogP contribution in [-0.4, -0.2) is 30.8 Å². The van der Waals surface area contributed by atoms with Gasteiger partial charge >= 0.3 is 5.97 Å². The Morgan fingerprint density at radius 2 is 2.08 bits per heavy atom. The van der Waals surface area contributed by atoms with E-state index in [1.54, 1.807) is 12.1 Å². The third-order valence-corrected chi connectivity index (χ3v) is 4.84. The molecule has 7 heteroatoms. The van der Waals surface area contributed by atoms with Crippen LogP contribution in [0.2, 0.25) is 5.02 Å². The van der Waals surface area contributed by atoms with Gasteiger partial charge in [0.1, 0.15) is 5.84 Å². The summed E-state index contributed by atoms with van der Waals surface area (Å²) in [5.41, 5.74) is 7.22. The summed E-state index contributed by atoms with van der Waals surface area (Å²) in [5.74, 6) is -0.825. The minimum Gasteiger partial charge on any atom is -0.384 e. The first-order valence-electron chi connectivity index (χ1n) is 7.75. The van der Waals surface area contributed by atoms with Crippen molar-refractivity contribution in [3.05, 3.63) is 34.3 Å². The summed E-state index contributed by atoms with van der Waals surface area (Å²) in [4.78, 5) is 27.8. The van der Waals surface area contributed by atoms with Crippen molar-refractivity contribution in [2.24, 2.45) is 22.7 Å². The van der Waals surface area contributed by atoms with Gasteiger partial charge in [0.2, 0.25) is 0 Å². The molecule has 1 aromatic rings. The number of ether oxygens (including phenoxy) is 1. The van der Waals surface area contributed by atoms with Gasteiger partial charge in [0, 0.05) is 34.8 Å². The van der Waals surface area contributed by atoms with Gasteiger partial charge in [0.15, 0.2) is 5.78 Å². The SMILES string of the molecule is CC(=O)ON=C(N)C1CC1C(=O)c1ccc(C2(C)COC2)c(Cl)c1. The van der Waals surface area contributed by atoms with Gasteiger partial charge in [0.05, 0.1) is 13.2 Å². The van der Waals surface area contributed by atoms with Crippen LogP contribution in [0.1, 0.15) is 36.2 Å². The quantitative estimate of drug-likeness (QED) is 0.289. The first-order valence-corrected chi connectivity index (χ1v) is 8.12. The molecule has 0 radical (unpaired) electrons. The second-order valence-electron chi connectivity index (χ2n) is 6.66. The van der Waals surface area contributed by atoms with Crippen LogP contribution in [0.5, 0.6) is 0 Å². The molecule has 1 saturated carbocycles. The highest BCUT2D eigenvalue weighted by atomic mass is 35.5. The number of ketones is 1. The number of hydrogen-bond donors (Lipinski definition) is 1. The van der Waals surface area contributed by atoms with Gasteiger partial charge < -0.3 is 15.3 Å². The number of carbonyl (C=O) groups is 2. The van der Waals surface area contributed by atoms with E-state index < -0.39 is 5.97 Å². The largest absolute Gasteiger partial charge is 0.384 e. The Bertz CT molecular complexity index is 727. The predicted molar refractivity (Wildman–Crippen MR) is 88.9 cm³/mol. The first-order chi connectivity index (χ1) is 11.3. The van der Waals surface area contributed by atoms with Crippen molar-refractivity contribution < 1.29 is 19.2 Å². The minimum atomic E-state index is -0.544. The second kappa shape index (κ2) is 6.18. The van der Waals surface area contributed by atoms with Gasteiger partial charge in [-0.15, -0.1) is 0 Å². The van der Waals surface area contributed by atoms with E-state index >= 15 is 0 Å². The van der Waals surface area contributed by atoms with Crippen molar-refractivity contribution in [1.82, 2.24) is 0 Å². The lowest BCUT2D eigenvalue weighted by atomic mass is 9.80. The van der Waals surface area contributed by atoms with E-state index in [1.165, 1.54) is 6.92 Å². The first kappa shape index (κ1) is 16.9. The Morgan fingerprint density at radius 1 is 1.38 bits per heavy atom. The number of carbonyl (C=O) groups excluding carboxylic acids is 2. The van der Waals surface area contributed by atoms with Gasteiger partial charge in [-0.1, -0.05) is 35.8 Å². The maximum absolute atomic E-state index is 12.6. The Morgan fingerprint density at radius 3 is 2.62 bits per heavy atom. The number of benzene rings is 1. The molecule has 1 aliphatic heterocycles. The van der Waals surface area contributed by atoms with Crippen molar-refractivity contribution >= 4 is 29.2 Å². The molecule has 0 spiro atoms. The fourth-order valence-electron chi connectivity index (χ4n) is 2.93. The van der Waals surface area contributed by atoms with Gasteiger partial charge in [-0.2, -0.15) is 0 Å². The molecule has 2 N–H and O–H groups in total. The van der Waals surface area contributed by atoms with E-state index in [9.17, 15) is 9.59 Å². The fourth-order valence-corrected chi connectivity index (χ4v) is 3.34. The smallest absolute Gasteiger partial charge is 0.332 e. The van der Waals surface area contributed by atoms with Gasteiger partial charge in [-0.3, -0.25) is 4.79 Å². The summed E-state index contributed by atoms with van der Waals surface area (Å²) in [5, 5.41) is 4.12. The van der Waals surface area contributed by atoms with Gasteiger partial charge in [0.25, 0.3) is 0 Å². The highest BCUT2D eigenvalue weighted by molar-refractivity contribution is 6.32. The molecule has 1 saturated heterocycles. The highest BCUT2D eigenvalue weighted by Crippen LogP contribution is 2.42. The number of Topliss-reactive ketones (excluding diaryl/α,β-unsaturated/α-hetero) is 1. The molecular formula is C17H19ClN2O4. The van der Waals surface area contributed by atoms with Crippen molar-refractivity contribution in [3.8, 4) is 0 Å². The molecule has 0 aromatic heterocycles. The van der Waals surface area contributed by atoms with Crippen LogP contribution in [0, 0.1) is 11.8 Å². The zero-order valence-corrected chi connectivity index (χ0v) is 14.3. The molecule has 1 aliphatic carbocycles. The molecule has 128 valence electrons. The Balaban J connectivity index is 1.70. The van der Waals surface area contributed by atoms with Crippen LogP contribution in [0.15, 0.2) is 23.4 Å². The molecular weight excluding hydrogens is 332 g/mol. The Labute approximate surface area is 144 Å². The van der Waals surface area contributed by atoms with Crippen molar-refractivity contribution in [2.45, 2.75) is 25.7 Å². The fraction of sp³-hybridized carbons (Fsp3) is 0.471. The number of amidine groups is 1. The third-order valence-electron chi connectivity index (χ3n) is 4.53. The lowest BCUT2D eigenvalue weighted by molar-refractivity contribution is -0.141. The number of rotatable bonds is 5. The van der Waals surface area contributed by atoms with Crippen molar-refractivity contribution in [3.63, 3.8) is 0 Å². The number of hydrogen-bond acceptors (Lipinski definition) is 5. The summed E-state index contributed by atoms with van der Waals surface area (Å²) in [6, 6.07) is 5.39. The van der Waals surface area contributed by atoms with Crippen molar-refractivity contribution in [1.29, 1.82) is 0 Å². The highest BCUT2D eigenvalue weighted by Gasteiger charge is 2.46. The van der Waals surface area contributed by atoms with E-state index in [0.29, 0.717) is 30.2 Å². The Kier molecular flexibility index (Phi) is 4.36. The molecule has 2 unspecified atom stereocenters. The molecule has 6 nitrogen and oxygen atoms in total. The third kappa shape index (κ3) is 3.16. The molecule has 0 amide bonds. The average Bonchev–Trinajstić information content (AvgIpc) is 3.30. The molecule has 0 bridgehead atoms. The van der Waals surface area contributed by atoms with Crippen LogP contribution >= 0.6 is 11.6 Å². The molecule has 2 fully saturated rings. The van der Waals surface area contributed by atoms with Crippen LogP contribution in [0.3, 0.4) is 0 Å². The summed E-state index contributed by atoms with van der Waals surface area (Å²) < 4.78 is 5.26. The van der Waals surface area contributed by atoms with E-state index in [4.69, 9.17) is 22.1 Å². The topological polar surface area (TPSA) is 91.0 Å². The van der Waals surface area contributed by atoms with E-state index in [1.807, 2.05) is 6.07 Å². The zero-order valence-electron chi connectivity index (χ0n) is 13.5. The maximum atomic E-state index is 12.6.